The fraction of sp³-hybridized carbons (Fsp3) is 0.350. The van der Waals surface area contributed by atoms with Gasteiger partial charge in [-0.15, -0.1) is 0 Å². The number of hydrazine groups is 1. The van der Waals surface area contributed by atoms with Gasteiger partial charge in [-0.25, -0.2) is 10.9 Å². The van der Waals surface area contributed by atoms with E-state index < -0.39 is 0 Å². The lowest BCUT2D eigenvalue weighted by Gasteiger charge is -2.15. The van der Waals surface area contributed by atoms with Crippen molar-refractivity contribution in [3.05, 3.63) is 53.1 Å². The van der Waals surface area contributed by atoms with Crippen LogP contribution in [0, 0.1) is 13.8 Å². The number of ether oxygens (including phenoxy) is 2. The van der Waals surface area contributed by atoms with Gasteiger partial charge in [0.05, 0.1) is 20.3 Å². The number of amides is 1. The Bertz CT molecular complexity index is 807. The third kappa shape index (κ3) is 3.66. The van der Waals surface area contributed by atoms with Gasteiger partial charge in [-0.1, -0.05) is 18.2 Å². The molecule has 1 amide bonds. The maximum atomic E-state index is 12.6. The zero-order valence-corrected chi connectivity index (χ0v) is 15.6. The molecule has 0 radical (unpaired) electrons. The summed E-state index contributed by atoms with van der Waals surface area (Å²) < 4.78 is 10.7. The summed E-state index contributed by atoms with van der Waals surface area (Å²) in [6.45, 7) is 4.04. The predicted molar refractivity (Wildman–Crippen MR) is 102 cm³/mol. The minimum absolute atomic E-state index is 0.0230. The van der Waals surface area contributed by atoms with Crippen molar-refractivity contribution in [1.82, 2.24) is 10.9 Å². The van der Waals surface area contributed by atoms with E-state index in [0.717, 1.165) is 33.9 Å². The first kappa shape index (κ1) is 18.2. The van der Waals surface area contributed by atoms with E-state index in [1.54, 1.807) is 14.2 Å². The highest BCUT2D eigenvalue weighted by molar-refractivity contribution is 5.95. The number of benzene rings is 2. The third-order valence-corrected chi connectivity index (χ3v) is 4.90. The molecule has 1 heterocycles. The second-order valence-corrected chi connectivity index (χ2v) is 6.47. The van der Waals surface area contributed by atoms with Crippen molar-refractivity contribution >= 4 is 11.6 Å². The number of anilines is 1. The number of hydrogen-bond acceptors (Lipinski definition) is 5. The van der Waals surface area contributed by atoms with Gasteiger partial charge in [0.2, 0.25) is 5.91 Å². The second-order valence-electron chi connectivity index (χ2n) is 6.47. The molecule has 138 valence electrons. The Morgan fingerprint density at radius 1 is 1.12 bits per heavy atom. The van der Waals surface area contributed by atoms with Crippen LogP contribution in [0.25, 0.3) is 0 Å². The monoisotopic (exact) mass is 355 g/mol. The standard InChI is InChI=1S/C20H25N3O3/c1-12-6-5-7-16(13(12)2)21-20(24)18-11-17(22-23-18)15-9-8-14(25-3)10-19(15)26-4/h5-10,17-18,22-23H,11H2,1-4H3,(H,21,24). The summed E-state index contributed by atoms with van der Waals surface area (Å²) in [6, 6.07) is 11.3. The molecule has 6 heteroatoms. The maximum Gasteiger partial charge on any atom is 0.242 e. The van der Waals surface area contributed by atoms with Gasteiger partial charge in [0.25, 0.3) is 0 Å². The van der Waals surface area contributed by atoms with Crippen LogP contribution < -0.4 is 25.6 Å². The first-order valence-corrected chi connectivity index (χ1v) is 8.63. The molecule has 0 aliphatic carbocycles. The van der Waals surface area contributed by atoms with Gasteiger partial charge in [0, 0.05) is 17.3 Å². The number of carbonyl (C=O) groups excluding carboxylic acids is 1. The van der Waals surface area contributed by atoms with E-state index in [9.17, 15) is 4.79 Å². The Balaban J connectivity index is 1.70. The molecule has 0 spiro atoms. The summed E-state index contributed by atoms with van der Waals surface area (Å²) in [7, 11) is 3.25. The Morgan fingerprint density at radius 3 is 2.65 bits per heavy atom. The SMILES string of the molecule is COc1ccc(C2CC(C(=O)Nc3cccc(C)c3C)NN2)c(OC)c1. The molecule has 2 unspecified atom stereocenters. The van der Waals surface area contributed by atoms with Crippen LogP contribution in [0.15, 0.2) is 36.4 Å². The normalized spacial score (nSPS) is 19.2. The molecule has 2 atom stereocenters. The Morgan fingerprint density at radius 2 is 1.92 bits per heavy atom. The van der Waals surface area contributed by atoms with E-state index in [1.165, 1.54) is 0 Å². The molecule has 0 saturated carbocycles. The zero-order valence-electron chi connectivity index (χ0n) is 15.6. The van der Waals surface area contributed by atoms with E-state index >= 15 is 0 Å². The molecule has 2 aromatic carbocycles. The Labute approximate surface area is 153 Å². The van der Waals surface area contributed by atoms with Gasteiger partial charge < -0.3 is 14.8 Å². The summed E-state index contributed by atoms with van der Waals surface area (Å²) in [6.07, 6.45) is 0.624. The van der Waals surface area contributed by atoms with Crippen molar-refractivity contribution in [2.75, 3.05) is 19.5 Å². The van der Waals surface area contributed by atoms with E-state index in [2.05, 4.69) is 16.2 Å². The van der Waals surface area contributed by atoms with Crippen molar-refractivity contribution in [2.45, 2.75) is 32.4 Å². The Hall–Kier alpha value is -2.57. The fourth-order valence-electron chi connectivity index (χ4n) is 3.14. The van der Waals surface area contributed by atoms with Gasteiger partial charge in [0.1, 0.15) is 17.5 Å². The van der Waals surface area contributed by atoms with Gasteiger partial charge in [0.15, 0.2) is 0 Å². The van der Waals surface area contributed by atoms with Gasteiger partial charge in [-0.05, 0) is 43.5 Å². The van der Waals surface area contributed by atoms with Gasteiger partial charge in [-0.3, -0.25) is 4.79 Å². The summed E-state index contributed by atoms with van der Waals surface area (Å²) in [5.41, 5.74) is 10.4. The first-order chi connectivity index (χ1) is 12.5. The summed E-state index contributed by atoms with van der Waals surface area (Å²) in [5.74, 6) is 1.42. The molecule has 2 aromatic rings. The number of rotatable bonds is 5. The summed E-state index contributed by atoms with van der Waals surface area (Å²) in [4.78, 5) is 12.6. The highest BCUT2D eigenvalue weighted by Gasteiger charge is 2.32. The summed E-state index contributed by atoms with van der Waals surface area (Å²) >= 11 is 0. The van der Waals surface area contributed by atoms with Gasteiger partial charge in [-0.2, -0.15) is 0 Å². The fourth-order valence-corrected chi connectivity index (χ4v) is 3.14. The largest absolute Gasteiger partial charge is 0.497 e. The van der Waals surface area contributed by atoms with E-state index in [-0.39, 0.29) is 18.0 Å². The number of nitrogens with one attached hydrogen (secondary N) is 3. The van der Waals surface area contributed by atoms with Crippen molar-refractivity contribution in [3.8, 4) is 11.5 Å². The van der Waals surface area contributed by atoms with E-state index in [1.807, 2.05) is 50.2 Å². The molecule has 6 nitrogen and oxygen atoms in total. The molecule has 1 aliphatic rings. The minimum atomic E-state index is -0.327. The van der Waals surface area contributed by atoms with Crippen molar-refractivity contribution in [1.29, 1.82) is 0 Å². The molecule has 0 bridgehead atoms. The highest BCUT2D eigenvalue weighted by Crippen LogP contribution is 2.33. The molecule has 1 saturated heterocycles. The Kier molecular flexibility index (Phi) is 5.44. The lowest BCUT2D eigenvalue weighted by Crippen LogP contribution is -2.39. The van der Waals surface area contributed by atoms with Crippen LogP contribution in [0.5, 0.6) is 11.5 Å². The van der Waals surface area contributed by atoms with Crippen LogP contribution in [0.4, 0.5) is 5.69 Å². The number of hydrogen-bond donors (Lipinski definition) is 3. The third-order valence-electron chi connectivity index (χ3n) is 4.90. The van der Waals surface area contributed by atoms with Crippen molar-refractivity contribution in [3.63, 3.8) is 0 Å². The van der Waals surface area contributed by atoms with E-state index in [0.29, 0.717) is 6.42 Å². The van der Waals surface area contributed by atoms with Crippen LogP contribution in [-0.4, -0.2) is 26.2 Å². The quantitative estimate of drug-likeness (QED) is 0.769. The highest BCUT2D eigenvalue weighted by atomic mass is 16.5. The number of carbonyl (C=O) groups is 1. The smallest absolute Gasteiger partial charge is 0.242 e. The maximum absolute atomic E-state index is 12.6. The molecular formula is C20H25N3O3. The number of aryl methyl sites for hydroxylation is 1. The predicted octanol–water partition coefficient (Wildman–Crippen LogP) is 2.87. The molecule has 3 N–H and O–H groups in total. The topological polar surface area (TPSA) is 71.6 Å². The average molecular weight is 355 g/mol. The lowest BCUT2D eigenvalue weighted by atomic mass is 10.00. The molecule has 0 aromatic heterocycles. The molecule has 1 fully saturated rings. The summed E-state index contributed by atoms with van der Waals surface area (Å²) in [5, 5.41) is 3.02. The van der Waals surface area contributed by atoms with Crippen LogP contribution in [0.2, 0.25) is 0 Å². The second kappa shape index (κ2) is 7.76. The molecule has 1 aliphatic heterocycles. The molecule has 26 heavy (non-hydrogen) atoms. The average Bonchev–Trinajstić information content (AvgIpc) is 3.15. The van der Waals surface area contributed by atoms with Crippen LogP contribution >= 0.6 is 0 Å². The van der Waals surface area contributed by atoms with E-state index in [4.69, 9.17) is 9.47 Å². The van der Waals surface area contributed by atoms with Crippen molar-refractivity contribution < 1.29 is 14.3 Å². The van der Waals surface area contributed by atoms with Gasteiger partial charge >= 0.3 is 0 Å². The first-order valence-electron chi connectivity index (χ1n) is 8.63. The minimum Gasteiger partial charge on any atom is -0.497 e. The van der Waals surface area contributed by atoms with Crippen LogP contribution in [0.3, 0.4) is 0 Å². The van der Waals surface area contributed by atoms with Crippen LogP contribution in [-0.2, 0) is 4.79 Å². The van der Waals surface area contributed by atoms with Crippen LogP contribution in [0.1, 0.15) is 29.2 Å². The lowest BCUT2D eigenvalue weighted by molar-refractivity contribution is -0.117. The van der Waals surface area contributed by atoms with Crippen molar-refractivity contribution in [2.24, 2.45) is 0 Å². The number of methoxy groups -OCH3 is 2. The zero-order chi connectivity index (χ0) is 18.7. The molecule has 3 rings (SSSR count). The molecular weight excluding hydrogens is 330 g/mol.